The van der Waals surface area contributed by atoms with Gasteiger partial charge in [-0.05, 0) is 30.8 Å². The van der Waals surface area contributed by atoms with Crippen LogP contribution >= 0.6 is 11.3 Å². The lowest BCUT2D eigenvalue weighted by Crippen LogP contribution is -2.09. The second kappa shape index (κ2) is 5.11. The van der Waals surface area contributed by atoms with E-state index in [9.17, 15) is 0 Å². The lowest BCUT2D eigenvalue weighted by atomic mass is 10.2. The van der Waals surface area contributed by atoms with Crippen LogP contribution in [0.25, 0.3) is 21.5 Å². The van der Waals surface area contributed by atoms with Crippen molar-refractivity contribution >= 4 is 22.4 Å². The molecule has 3 rings (SSSR count). The maximum absolute atomic E-state index is 5.49. The van der Waals surface area contributed by atoms with E-state index in [0.717, 1.165) is 34.6 Å². The minimum Gasteiger partial charge on any atom is -0.441 e. The Kier molecular flexibility index (Phi) is 3.31. The van der Waals surface area contributed by atoms with Gasteiger partial charge in [-0.3, -0.25) is 0 Å². The van der Waals surface area contributed by atoms with Gasteiger partial charge in [-0.15, -0.1) is 11.3 Å². The summed E-state index contributed by atoms with van der Waals surface area (Å²) in [6.07, 6.45) is 2.90. The number of likely N-dealkylation sites (N-methyl/N-ethyl adjacent to an activating group) is 1. The molecule has 0 spiro atoms. The first-order valence-electron chi connectivity index (χ1n) is 6.23. The van der Waals surface area contributed by atoms with E-state index < -0.39 is 0 Å². The van der Waals surface area contributed by atoms with Crippen molar-refractivity contribution in [2.75, 3.05) is 13.6 Å². The predicted octanol–water partition coefficient (Wildman–Crippen LogP) is 3.02. The van der Waals surface area contributed by atoms with Crippen molar-refractivity contribution in [3.8, 4) is 10.4 Å². The van der Waals surface area contributed by atoms with Crippen molar-refractivity contribution in [3.63, 3.8) is 0 Å². The van der Waals surface area contributed by atoms with Gasteiger partial charge in [0, 0.05) is 26.1 Å². The molecule has 0 saturated heterocycles. The van der Waals surface area contributed by atoms with Gasteiger partial charge in [0.15, 0.2) is 11.5 Å². The molecule has 0 amide bonds. The SMILES string of the molecule is CNCCc1ncc(-c2ccc3oc(C)nc3c2)s1. The summed E-state index contributed by atoms with van der Waals surface area (Å²) in [5.41, 5.74) is 2.88. The van der Waals surface area contributed by atoms with E-state index in [2.05, 4.69) is 27.4 Å². The van der Waals surface area contributed by atoms with Crippen LogP contribution in [0.4, 0.5) is 0 Å². The first-order valence-corrected chi connectivity index (χ1v) is 7.05. The summed E-state index contributed by atoms with van der Waals surface area (Å²) in [6.45, 7) is 2.82. The molecular formula is C14H15N3OS. The zero-order chi connectivity index (χ0) is 13.2. The van der Waals surface area contributed by atoms with Gasteiger partial charge in [0.05, 0.1) is 9.88 Å². The molecule has 0 aliphatic rings. The smallest absolute Gasteiger partial charge is 0.192 e. The monoisotopic (exact) mass is 273 g/mol. The van der Waals surface area contributed by atoms with Crippen LogP contribution in [0.3, 0.4) is 0 Å². The molecule has 3 aromatic rings. The number of oxazole rings is 1. The first-order chi connectivity index (χ1) is 9.26. The number of fused-ring (bicyclic) bond motifs is 1. The molecule has 2 heterocycles. The van der Waals surface area contributed by atoms with Crippen LogP contribution in [0.15, 0.2) is 28.8 Å². The second-order valence-electron chi connectivity index (χ2n) is 4.39. The number of aryl methyl sites for hydroxylation is 1. The summed E-state index contributed by atoms with van der Waals surface area (Å²) in [7, 11) is 1.95. The summed E-state index contributed by atoms with van der Waals surface area (Å²) >= 11 is 1.73. The molecular weight excluding hydrogens is 258 g/mol. The third-order valence-electron chi connectivity index (χ3n) is 2.92. The van der Waals surface area contributed by atoms with Gasteiger partial charge >= 0.3 is 0 Å². The van der Waals surface area contributed by atoms with Crippen LogP contribution in [0.2, 0.25) is 0 Å². The van der Waals surface area contributed by atoms with Crippen LogP contribution in [0.5, 0.6) is 0 Å². The average molecular weight is 273 g/mol. The fourth-order valence-corrected chi connectivity index (χ4v) is 2.90. The Balaban J connectivity index is 1.92. The Morgan fingerprint density at radius 3 is 3.11 bits per heavy atom. The number of thiazole rings is 1. The number of hydrogen-bond acceptors (Lipinski definition) is 5. The molecule has 0 radical (unpaired) electrons. The lowest BCUT2D eigenvalue weighted by Gasteiger charge is -1.96. The maximum atomic E-state index is 5.49. The maximum Gasteiger partial charge on any atom is 0.192 e. The molecule has 0 aliphatic carbocycles. The molecule has 0 aliphatic heterocycles. The van der Waals surface area contributed by atoms with E-state index in [1.165, 1.54) is 4.88 Å². The fraction of sp³-hybridized carbons (Fsp3) is 0.286. The highest BCUT2D eigenvalue weighted by molar-refractivity contribution is 7.15. The molecule has 1 N–H and O–H groups in total. The van der Waals surface area contributed by atoms with Crippen molar-refractivity contribution in [3.05, 3.63) is 35.3 Å². The average Bonchev–Trinajstić information content (AvgIpc) is 3.00. The van der Waals surface area contributed by atoms with Crippen molar-refractivity contribution < 1.29 is 4.42 Å². The zero-order valence-electron chi connectivity index (χ0n) is 10.9. The first kappa shape index (κ1) is 12.3. The Morgan fingerprint density at radius 2 is 2.26 bits per heavy atom. The van der Waals surface area contributed by atoms with E-state index in [-0.39, 0.29) is 0 Å². The molecule has 98 valence electrons. The summed E-state index contributed by atoms with van der Waals surface area (Å²) in [6, 6.07) is 6.08. The lowest BCUT2D eigenvalue weighted by molar-refractivity contribution is 0.561. The molecule has 0 bridgehead atoms. The molecule has 4 nitrogen and oxygen atoms in total. The van der Waals surface area contributed by atoms with Gasteiger partial charge in [0.25, 0.3) is 0 Å². The quantitative estimate of drug-likeness (QED) is 0.794. The third-order valence-corrected chi connectivity index (χ3v) is 4.03. The van der Waals surface area contributed by atoms with Crippen LogP contribution in [0, 0.1) is 6.92 Å². The summed E-state index contributed by atoms with van der Waals surface area (Å²) in [5.74, 6) is 0.700. The Labute approximate surface area is 115 Å². The van der Waals surface area contributed by atoms with Gasteiger partial charge in [0.2, 0.25) is 0 Å². The van der Waals surface area contributed by atoms with Gasteiger partial charge < -0.3 is 9.73 Å². The fourth-order valence-electron chi connectivity index (χ4n) is 1.99. The van der Waals surface area contributed by atoms with Crippen molar-refractivity contribution in [1.29, 1.82) is 0 Å². The van der Waals surface area contributed by atoms with E-state index in [1.54, 1.807) is 11.3 Å². The topological polar surface area (TPSA) is 51.0 Å². The van der Waals surface area contributed by atoms with Gasteiger partial charge in [-0.2, -0.15) is 0 Å². The van der Waals surface area contributed by atoms with Crippen molar-refractivity contribution in [2.45, 2.75) is 13.3 Å². The van der Waals surface area contributed by atoms with Gasteiger partial charge in [-0.1, -0.05) is 0 Å². The summed E-state index contributed by atoms with van der Waals surface area (Å²) in [5, 5.41) is 4.29. The highest BCUT2D eigenvalue weighted by Crippen LogP contribution is 2.29. The Bertz CT molecular complexity index is 702. The standard InChI is InChI=1S/C14H15N3OS/c1-9-17-11-7-10(3-4-12(11)18-9)13-8-16-14(19-13)5-6-15-2/h3-4,7-8,15H,5-6H2,1-2H3. The summed E-state index contributed by atoms with van der Waals surface area (Å²) in [4.78, 5) is 9.99. The number of nitrogens with zero attached hydrogens (tertiary/aromatic N) is 2. The van der Waals surface area contributed by atoms with Crippen LogP contribution in [-0.4, -0.2) is 23.6 Å². The second-order valence-corrected chi connectivity index (χ2v) is 5.50. The predicted molar refractivity (Wildman–Crippen MR) is 77.5 cm³/mol. The number of rotatable bonds is 4. The van der Waals surface area contributed by atoms with Crippen LogP contribution < -0.4 is 5.32 Å². The van der Waals surface area contributed by atoms with E-state index in [1.807, 2.05) is 26.2 Å². The summed E-state index contributed by atoms with van der Waals surface area (Å²) < 4.78 is 5.49. The highest BCUT2D eigenvalue weighted by atomic mass is 32.1. The largest absolute Gasteiger partial charge is 0.441 e. The van der Waals surface area contributed by atoms with Gasteiger partial charge in [-0.25, -0.2) is 9.97 Å². The third kappa shape index (κ3) is 2.52. The minimum absolute atomic E-state index is 0.700. The number of hydrogen-bond donors (Lipinski definition) is 1. The number of nitrogens with one attached hydrogen (secondary N) is 1. The van der Waals surface area contributed by atoms with E-state index in [0.29, 0.717) is 5.89 Å². The van der Waals surface area contributed by atoms with Crippen LogP contribution in [-0.2, 0) is 6.42 Å². The molecule has 2 aromatic heterocycles. The van der Waals surface area contributed by atoms with Crippen molar-refractivity contribution in [1.82, 2.24) is 15.3 Å². The molecule has 0 fully saturated rings. The van der Waals surface area contributed by atoms with E-state index in [4.69, 9.17) is 4.42 Å². The molecule has 5 heteroatoms. The zero-order valence-corrected chi connectivity index (χ0v) is 11.8. The van der Waals surface area contributed by atoms with E-state index >= 15 is 0 Å². The Hall–Kier alpha value is -1.72. The normalized spacial score (nSPS) is 11.3. The minimum atomic E-state index is 0.700. The van der Waals surface area contributed by atoms with Crippen LogP contribution in [0.1, 0.15) is 10.9 Å². The molecule has 0 atom stereocenters. The molecule has 0 unspecified atom stereocenters. The highest BCUT2D eigenvalue weighted by Gasteiger charge is 2.07. The number of aromatic nitrogens is 2. The number of benzene rings is 1. The molecule has 1 aromatic carbocycles. The van der Waals surface area contributed by atoms with Crippen molar-refractivity contribution in [2.24, 2.45) is 0 Å². The Morgan fingerprint density at radius 1 is 1.37 bits per heavy atom. The van der Waals surface area contributed by atoms with Gasteiger partial charge in [0.1, 0.15) is 5.52 Å². The molecule has 0 saturated carbocycles. The molecule has 19 heavy (non-hydrogen) atoms.